The molecule has 0 radical (unpaired) electrons. The summed E-state index contributed by atoms with van der Waals surface area (Å²) in [5.41, 5.74) is 26.0. The zero-order chi connectivity index (χ0) is 18.8. The van der Waals surface area contributed by atoms with E-state index in [0.29, 0.717) is 37.8 Å². The monoisotopic (exact) mass is 415 g/mol. The van der Waals surface area contributed by atoms with Gasteiger partial charge in [0.05, 0.1) is 19.6 Å². The van der Waals surface area contributed by atoms with Crippen LogP contribution in [0.2, 0.25) is 0 Å². The van der Waals surface area contributed by atoms with Crippen molar-refractivity contribution in [1.29, 1.82) is 0 Å². The highest BCUT2D eigenvalue weighted by Crippen LogP contribution is 2.09. The molecule has 168 valence electrons. The third-order valence-electron chi connectivity index (χ3n) is 2.65. The van der Waals surface area contributed by atoms with E-state index < -0.39 is 6.10 Å². The molecule has 0 aliphatic rings. The number of hydrogen-bond donors (Lipinski definition) is 5. The molecule has 1 atom stereocenters. The lowest BCUT2D eigenvalue weighted by atomic mass is 10.2. The fourth-order valence-corrected chi connectivity index (χ4v) is 2.20. The molecule has 0 aliphatic heterocycles. The summed E-state index contributed by atoms with van der Waals surface area (Å²) in [6.45, 7) is 4.63. The van der Waals surface area contributed by atoms with Crippen LogP contribution in [0.5, 0.6) is 0 Å². The smallest absolute Gasteiger partial charge is 0.306 e. The molecular weight excluding hydrogens is 370 g/mol. The first-order valence-corrected chi connectivity index (χ1v) is 9.02. The lowest BCUT2D eigenvalue weighted by molar-refractivity contribution is -0.147. The first kappa shape index (κ1) is 36.9. The number of amides is 1. The van der Waals surface area contributed by atoms with Gasteiger partial charge in [-0.25, -0.2) is 0 Å². The summed E-state index contributed by atoms with van der Waals surface area (Å²) in [5.74, 6) is 0.381. The second-order valence-electron chi connectivity index (χ2n) is 4.90. The highest BCUT2D eigenvalue weighted by atomic mass is 32.2. The summed E-state index contributed by atoms with van der Waals surface area (Å²) < 4.78 is 9.89. The Morgan fingerprint density at radius 2 is 1.44 bits per heavy atom. The topological polar surface area (TPSA) is 183 Å². The Hall–Kier alpha value is -0.910. The number of rotatable bonds is 13. The van der Waals surface area contributed by atoms with Crippen LogP contribution in [0.1, 0.15) is 35.6 Å². The second-order valence-corrected chi connectivity index (χ2v) is 6.05. The minimum Gasteiger partial charge on any atom is -0.460 e. The van der Waals surface area contributed by atoms with Gasteiger partial charge in [0.25, 0.3) is 0 Å². The molecule has 0 aromatic carbocycles. The fraction of sp³-hybridized carbons (Fsp3) is 0.882. The maximum Gasteiger partial charge on any atom is 0.306 e. The molecule has 0 aromatic rings. The van der Waals surface area contributed by atoms with Gasteiger partial charge in [-0.15, -0.1) is 0 Å². The van der Waals surface area contributed by atoms with Gasteiger partial charge in [0, 0.05) is 43.6 Å². The zero-order valence-corrected chi connectivity index (χ0v) is 15.3. The molecule has 1 amide bonds. The summed E-state index contributed by atoms with van der Waals surface area (Å²) in [4.78, 5) is 22.1. The van der Waals surface area contributed by atoms with Gasteiger partial charge in [-0.2, -0.15) is 11.8 Å². The number of thioether (sulfide) groups is 1. The van der Waals surface area contributed by atoms with Crippen LogP contribution in [-0.2, 0) is 19.1 Å². The predicted octanol–water partition coefficient (Wildman–Crippen LogP) is -0.111. The van der Waals surface area contributed by atoms with Crippen molar-refractivity contribution in [2.24, 2.45) is 34.6 Å². The van der Waals surface area contributed by atoms with E-state index in [9.17, 15) is 9.59 Å². The van der Waals surface area contributed by atoms with Gasteiger partial charge in [0.2, 0.25) is 5.91 Å². The van der Waals surface area contributed by atoms with E-state index in [0.717, 1.165) is 0 Å². The van der Waals surface area contributed by atoms with E-state index in [1.165, 1.54) is 11.8 Å². The molecule has 0 saturated carbocycles. The largest absolute Gasteiger partial charge is 0.460 e. The molecule has 0 aromatic heterocycles. The van der Waals surface area contributed by atoms with Crippen molar-refractivity contribution >= 4 is 23.6 Å². The maximum atomic E-state index is 11.3. The molecule has 0 spiro atoms. The van der Waals surface area contributed by atoms with Crippen LogP contribution in [-0.4, -0.2) is 68.9 Å². The number of hydrogen-bond acceptors (Lipinski definition) is 9. The standard InChI is InChI=1S/C10H21N3O3S.C4H12N2O.3CH4/c1-7(10(13)15)6-17-3-2-9(14)16-8(4-11)5-12;5-1-3-7-4-2-6;;;/h7-8H,2-6,11-12H2,1H3,(H2,13,15);1-6H2;3*1H4. The lowest BCUT2D eigenvalue weighted by Crippen LogP contribution is -2.33. The van der Waals surface area contributed by atoms with Crippen molar-refractivity contribution in [3.63, 3.8) is 0 Å². The van der Waals surface area contributed by atoms with Crippen LogP contribution in [0.25, 0.3) is 0 Å². The van der Waals surface area contributed by atoms with Crippen LogP contribution in [0.15, 0.2) is 0 Å². The molecule has 27 heavy (non-hydrogen) atoms. The average molecular weight is 416 g/mol. The van der Waals surface area contributed by atoms with E-state index in [2.05, 4.69) is 0 Å². The van der Waals surface area contributed by atoms with Crippen molar-refractivity contribution in [2.45, 2.75) is 41.7 Å². The minimum absolute atomic E-state index is 0. The van der Waals surface area contributed by atoms with E-state index in [1.54, 1.807) is 6.92 Å². The molecule has 1 unspecified atom stereocenters. The summed E-state index contributed by atoms with van der Waals surface area (Å²) in [6, 6.07) is 0. The number of esters is 1. The number of primary amides is 1. The Kier molecular flexibility index (Phi) is 37.3. The number of carbonyl (C=O) groups excluding carboxylic acids is 2. The minimum atomic E-state index is -0.406. The number of ether oxygens (including phenoxy) is 2. The first-order valence-electron chi connectivity index (χ1n) is 7.87. The van der Waals surface area contributed by atoms with Crippen LogP contribution in [0, 0.1) is 5.92 Å². The van der Waals surface area contributed by atoms with Crippen LogP contribution in [0.4, 0.5) is 0 Å². The predicted molar refractivity (Wildman–Crippen MR) is 117 cm³/mol. The van der Waals surface area contributed by atoms with Gasteiger partial charge in [0.1, 0.15) is 6.10 Å². The van der Waals surface area contributed by atoms with Gasteiger partial charge >= 0.3 is 5.97 Å². The zero-order valence-electron chi connectivity index (χ0n) is 14.4. The van der Waals surface area contributed by atoms with E-state index in [-0.39, 0.29) is 59.6 Å². The quantitative estimate of drug-likeness (QED) is 0.202. The fourth-order valence-electron chi connectivity index (χ4n) is 1.20. The SMILES string of the molecule is C.C.C.CC(CSCCC(=O)OC(CN)CN)C(N)=O.NCCOCCN. The molecule has 10 heteroatoms. The maximum absolute atomic E-state index is 11.3. The van der Waals surface area contributed by atoms with E-state index >= 15 is 0 Å². The average Bonchev–Trinajstić information content (AvgIpc) is 2.57. The lowest BCUT2D eigenvalue weighted by Gasteiger charge is -2.13. The van der Waals surface area contributed by atoms with Crippen LogP contribution in [0.3, 0.4) is 0 Å². The van der Waals surface area contributed by atoms with Crippen molar-refractivity contribution in [3.05, 3.63) is 0 Å². The molecule has 0 saturated heterocycles. The van der Waals surface area contributed by atoms with Crippen molar-refractivity contribution in [3.8, 4) is 0 Å². The Labute approximate surface area is 170 Å². The summed E-state index contributed by atoms with van der Waals surface area (Å²) in [5, 5.41) is 0. The van der Waals surface area contributed by atoms with E-state index in [4.69, 9.17) is 38.1 Å². The highest BCUT2D eigenvalue weighted by Gasteiger charge is 2.12. The highest BCUT2D eigenvalue weighted by molar-refractivity contribution is 7.99. The summed E-state index contributed by atoms with van der Waals surface area (Å²) in [6.07, 6.45) is -0.121. The molecule has 0 heterocycles. The van der Waals surface area contributed by atoms with Crippen LogP contribution < -0.4 is 28.7 Å². The van der Waals surface area contributed by atoms with E-state index in [1.807, 2.05) is 0 Å². The Bertz CT molecular complexity index is 318. The summed E-state index contributed by atoms with van der Waals surface area (Å²) in [7, 11) is 0. The molecule has 10 N–H and O–H groups in total. The van der Waals surface area contributed by atoms with Crippen molar-refractivity contribution in [2.75, 3.05) is 50.9 Å². The number of nitrogens with two attached hydrogens (primary N) is 5. The molecule has 0 aliphatic carbocycles. The van der Waals surface area contributed by atoms with Gasteiger partial charge in [-0.05, 0) is 0 Å². The number of carbonyl (C=O) groups is 2. The van der Waals surface area contributed by atoms with Gasteiger partial charge in [-0.3, -0.25) is 9.59 Å². The summed E-state index contributed by atoms with van der Waals surface area (Å²) >= 11 is 1.50. The first-order chi connectivity index (χ1) is 11.4. The molecule has 0 bridgehead atoms. The Balaban J connectivity index is -0.000000139. The van der Waals surface area contributed by atoms with Crippen molar-refractivity contribution < 1.29 is 19.1 Å². The molecular formula is C17H45N5O4S. The second kappa shape index (κ2) is 27.3. The van der Waals surface area contributed by atoms with Gasteiger partial charge in [0.15, 0.2) is 0 Å². The van der Waals surface area contributed by atoms with Gasteiger partial charge < -0.3 is 38.1 Å². The van der Waals surface area contributed by atoms with Crippen molar-refractivity contribution in [1.82, 2.24) is 0 Å². The Morgan fingerprint density at radius 1 is 0.963 bits per heavy atom. The Morgan fingerprint density at radius 3 is 1.81 bits per heavy atom. The molecule has 0 fully saturated rings. The third kappa shape index (κ3) is 27.4. The van der Waals surface area contributed by atoms with Crippen LogP contribution >= 0.6 is 11.8 Å². The van der Waals surface area contributed by atoms with Gasteiger partial charge in [-0.1, -0.05) is 29.2 Å². The molecule has 0 rings (SSSR count). The third-order valence-corrected chi connectivity index (χ3v) is 3.88. The normalized spacial score (nSPS) is 10.3. The molecule has 9 nitrogen and oxygen atoms in total.